The van der Waals surface area contributed by atoms with Crippen LogP contribution >= 0.6 is 11.3 Å². The summed E-state index contributed by atoms with van der Waals surface area (Å²) in [4.78, 5) is 27.3. The Morgan fingerprint density at radius 2 is 2.00 bits per heavy atom. The summed E-state index contributed by atoms with van der Waals surface area (Å²) in [6.07, 6.45) is 1.21. The molecule has 1 aromatic carbocycles. The van der Waals surface area contributed by atoms with E-state index in [4.69, 9.17) is 4.74 Å². The van der Waals surface area contributed by atoms with Crippen LogP contribution in [0.3, 0.4) is 0 Å². The van der Waals surface area contributed by atoms with Crippen molar-refractivity contribution in [1.82, 2.24) is 4.90 Å². The van der Waals surface area contributed by atoms with Crippen molar-refractivity contribution >= 4 is 28.3 Å². The van der Waals surface area contributed by atoms with E-state index >= 15 is 0 Å². The summed E-state index contributed by atoms with van der Waals surface area (Å²) in [6.45, 7) is 6.39. The van der Waals surface area contributed by atoms with Crippen LogP contribution in [0.5, 0.6) is 0 Å². The lowest BCUT2D eigenvalue weighted by Crippen LogP contribution is -2.39. The van der Waals surface area contributed by atoms with Gasteiger partial charge < -0.3 is 15.0 Å². The van der Waals surface area contributed by atoms with Crippen molar-refractivity contribution in [2.75, 3.05) is 11.9 Å². The quantitative estimate of drug-likeness (QED) is 0.804. The Morgan fingerprint density at radius 3 is 2.66 bits per heavy atom. The minimum absolute atomic E-state index is 0.118. The zero-order chi connectivity index (χ0) is 21.0. The summed E-state index contributed by atoms with van der Waals surface area (Å²) in [7, 11) is 0. The number of benzene rings is 1. The first-order valence-corrected chi connectivity index (χ1v) is 10.4. The Labute approximate surface area is 175 Å². The number of anilines is 1. The molecule has 7 heteroatoms. The number of carbonyl (C=O) groups excluding carboxylic acids is 2. The van der Waals surface area contributed by atoms with Crippen molar-refractivity contribution in [2.45, 2.75) is 52.2 Å². The Bertz CT molecular complexity index is 939. The van der Waals surface area contributed by atoms with E-state index in [1.54, 1.807) is 4.90 Å². The van der Waals surface area contributed by atoms with Crippen LogP contribution in [-0.4, -0.2) is 29.0 Å². The highest BCUT2D eigenvalue weighted by Crippen LogP contribution is 2.37. The van der Waals surface area contributed by atoms with E-state index in [9.17, 15) is 14.9 Å². The molecule has 0 spiro atoms. The second-order valence-electron chi connectivity index (χ2n) is 8.01. The largest absolute Gasteiger partial charge is 0.444 e. The fourth-order valence-corrected chi connectivity index (χ4v) is 4.41. The van der Waals surface area contributed by atoms with Crippen molar-refractivity contribution in [3.63, 3.8) is 0 Å². The van der Waals surface area contributed by atoms with Gasteiger partial charge in [0.05, 0.1) is 12.1 Å². The molecule has 6 nitrogen and oxygen atoms in total. The van der Waals surface area contributed by atoms with Crippen LogP contribution in [0.4, 0.5) is 9.80 Å². The van der Waals surface area contributed by atoms with E-state index in [1.165, 1.54) is 11.3 Å². The molecule has 29 heavy (non-hydrogen) atoms. The molecule has 0 aliphatic carbocycles. The summed E-state index contributed by atoms with van der Waals surface area (Å²) in [5.41, 5.74) is 1.99. The van der Waals surface area contributed by atoms with Gasteiger partial charge in [0.15, 0.2) is 0 Å². The van der Waals surface area contributed by atoms with Gasteiger partial charge in [0.25, 0.3) is 0 Å². The smallest absolute Gasteiger partial charge is 0.410 e. The van der Waals surface area contributed by atoms with E-state index in [1.807, 2.05) is 51.1 Å². The van der Waals surface area contributed by atoms with Crippen molar-refractivity contribution < 1.29 is 14.3 Å². The molecule has 3 rings (SSSR count). The lowest BCUT2D eigenvalue weighted by Gasteiger charge is -2.29. The maximum absolute atomic E-state index is 12.4. The number of rotatable bonds is 4. The fraction of sp³-hybridized carbons (Fsp3) is 0.409. The number of hydrogen-bond acceptors (Lipinski definition) is 5. The summed E-state index contributed by atoms with van der Waals surface area (Å²) in [5.74, 6) is -0.118. The Kier molecular flexibility index (Phi) is 6.23. The van der Waals surface area contributed by atoms with Gasteiger partial charge in [-0.3, -0.25) is 4.79 Å². The van der Waals surface area contributed by atoms with Crippen molar-refractivity contribution in [1.29, 1.82) is 5.26 Å². The molecule has 0 unspecified atom stereocenters. The summed E-state index contributed by atoms with van der Waals surface area (Å²) < 4.78 is 5.45. The molecule has 1 aliphatic rings. The van der Waals surface area contributed by atoms with Crippen LogP contribution in [0.1, 0.15) is 48.8 Å². The Balaban J connectivity index is 1.67. The number of nitrogens with one attached hydrogen (secondary N) is 1. The predicted molar refractivity (Wildman–Crippen MR) is 113 cm³/mol. The summed E-state index contributed by atoms with van der Waals surface area (Å²) in [6, 6.07) is 12.0. The predicted octanol–water partition coefficient (Wildman–Crippen LogP) is 4.48. The van der Waals surface area contributed by atoms with Crippen LogP contribution in [0, 0.1) is 11.3 Å². The first kappa shape index (κ1) is 20.9. The Hall–Kier alpha value is -2.85. The molecule has 0 saturated carbocycles. The molecular formula is C22H25N3O3S. The minimum atomic E-state index is -0.553. The average molecular weight is 412 g/mol. The lowest BCUT2D eigenvalue weighted by molar-refractivity contribution is -0.116. The van der Waals surface area contributed by atoms with Crippen LogP contribution in [-0.2, 0) is 28.9 Å². The highest BCUT2D eigenvalue weighted by Gasteiger charge is 2.30. The molecule has 1 N–H and O–H groups in total. The number of fused-ring (bicyclic) bond motifs is 1. The Morgan fingerprint density at radius 1 is 1.28 bits per heavy atom. The van der Waals surface area contributed by atoms with Gasteiger partial charge >= 0.3 is 6.09 Å². The number of thiophene rings is 1. The van der Waals surface area contributed by atoms with Crippen LogP contribution in [0.15, 0.2) is 30.3 Å². The standard InChI is InChI=1S/C22H25N3O3S/c1-22(2,3)28-21(27)25-12-11-16-17(13-23)20(29-18(16)14-25)24-19(26)10-9-15-7-5-4-6-8-15/h4-8H,9-12,14H2,1-3H3,(H,24,26). The molecule has 0 atom stereocenters. The fourth-order valence-electron chi connectivity index (χ4n) is 3.18. The summed E-state index contributed by atoms with van der Waals surface area (Å²) in [5, 5.41) is 13.1. The maximum Gasteiger partial charge on any atom is 0.410 e. The molecule has 1 aromatic heterocycles. The molecular weight excluding hydrogens is 386 g/mol. The zero-order valence-corrected chi connectivity index (χ0v) is 17.8. The highest BCUT2D eigenvalue weighted by atomic mass is 32.1. The molecule has 2 aromatic rings. The molecule has 0 fully saturated rings. The molecule has 152 valence electrons. The van der Waals surface area contributed by atoms with Gasteiger partial charge in [-0.2, -0.15) is 5.26 Å². The third-order valence-electron chi connectivity index (χ3n) is 4.56. The zero-order valence-electron chi connectivity index (χ0n) is 16.9. The van der Waals surface area contributed by atoms with Gasteiger partial charge in [-0.05, 0) is 44.7 Å². The van der Waals surface area contributed by atoms with Gasteiger partial charge in [-0.1, -0.05) is 30.3 Å². The number of ether oxygens (including phenoxy) is 1. The monoisotopic (exact) mass is 411 g/mol. The molecule has 2 heterocycles. The number of amides is 2. The first-order valence-electron chi connectivity index (χ1n) is 9.63. The van der Waals surface area contributed by atoms with E-state index in [-0.39, 0.29) is 12.0 Å². The molecule has 0 radical (unpaired) electrons. The first-order chi connectivity index (χ1) is 13.8. The SMILES string of the molecule is CC(C)(C)OC(=O)N1CCc2c(sc(NC(=O)CCc3ccccc3)c2C#N)C1. The minimum Gasteiger partial charge on any atom is -0.444 e. The second kappa shape index (κ2) is 8.66. The second-order valence-corrected chi connectivity index (χ2v) is 9.11. The molecule has 0 saturated heterocycles. The van der Waals surface area contributed by atoms with E-state index in [0.29, 0.717) is 42.9 Å². The number of hydrogen-bond donors (Lipinski definition) is 1. The number of nitriles is 1. The van der Waals surface area contributed by atoms with E-state index in [0.717, 1.165) is 16.0 Å². The summed E-state index contributed by atoms with van der Waals surface area (Å²) >= 11 is 1.37. The van der Waals surface area contributed by atoms with Crippen LogP contribution < -0.4 is 5.32 Å². The number of aryl methyl sites for hydroxylation is 1. The average Bonchev–Trinajstić information content (AvgIpc) is 3.01. The topological polar surface area (TPSA) is 82.4 Å². The van der Waals surface area contributed by atoms with Crippen molar-refractivity contribution in [3.05, 3.63) is 51.9 Å². The molecule has 2 amide bonds. The van der Waals surface area contributed by atoms with Crippen LogP contribution in [0.25, 0.3) is 0 Å². The van der Waals surface area contributed by atoms with Gasteiger partial charge in [-0.25, -0.2) is 4.79 Å². The molecule has 0 bridgehead atoms. The van der Waals surface area contributed by atoms with Gasteiger partial charge in [-0.15, -0.1) is 11.3 Å². The maximum atomic E-state index is 12.4. The third-order valence-corrected chi connectivity index (χ3v) is 5.69. The number of carbonyl (C=O) groups is 2. The van der Waals surface area contributed by atoms with Crippen molar-refractivity contribution in [2.24, 2.45) is 0 Å². The van der Waals surface area contributed by atoms with Crippen molar-refractivity contribution in [3.8, 4) is 6.07 Å². The van der Waals surface area contributed by atoms with Gasteiger partial charge in [0, 0.05) is 17.8 Å². The highest BCUT2D eigenvalue weighted by molar-refractivity contribution is 7.16. The van der Waals surface area contributed by atoms with E-state index in [2.05, 4.69) is 11.4 Å². The van der Waals surface area contributed by atoms with Gasteiger partial charge in [0.2, 0.25) is 5.91 Å². The van der Waals surface area contributed by atoms with E-state index < -0.39 is 5.60 Å². The lowest BCUT2D eigenvalue weighted by atomic mass is 10.0. The molecule has 1 aliphatic heterocycles. The van der Waals surface area contributed by atoms with Crippen LogP contribution in [0.2, 0.25) is 0 Å². The normalized spacial score (nSPS) is 13.4. The number of nitrogens with zero attached hydrogens (tertiary/aromatic N) is 2. The van der Waals surface area contributed by atoms with Gasteiger partial charge in [0.1, 0.15) is 16.7 Å². The third kappa shape index (κ3) is 5.36.